The Morgan fingerprint density at radius 3 is 2.71 bits per heavy atom. The maximum Gasteiger partial charge on any atom is 0.254 e. The molecule has 2 fully saturated rings. The molecular formula is C53H57N3O12. The normalized spacial score (nSPS) is 24.8. The summed E-state index contributed by atoms with van der Waals surface area (Å²) >= 11 is 0. The molecule has 8 bridgehead atoms. The third-order valence-corrected chi connectivity index (χ3v) is 14.3. The molecule has 4 aromatic carbocycles. The molecule has 68 heavy (non-hydrogen) atoms. The van der Waals surface area contributed by atoms with Crippen molar-refractivity contribution in [2.24, 2.45) is 0 Å². The van der Waals surface area contributed by atoms with Crippen LogP contribution in [0.4, 0.5) is 0 Å². The van der Waals surface area contributed by atoms with Gasteiger partial charge in [-0.2, -0.15) is 0 Å². The summed E-state index contributed by atoms with van der Waals surface area (Å²) in [5.41, 5.74) is 3.20. The van der Waals surface area contributed by atoms with Crippen molar-refractivity contribution >= 4 is 39.4 Å². The van der Waals surface area contributed by atoms with Crippen molar-refractivity contribution < 1.29 is 58.4 Å². The first-order chi connectivity index (χ1) is 33.1. The lowest BCUT2D eigenvalue weighted by atomic mass is 9.86. The van der Waals surface area contributed by atoms with Crippen LogP contribution in [0.15, 0.2) is 60.8 Å². The second-order valence-electron chi connectivity index (χ2n) is 18.5. The van der Waals surface area contributed by atoms with Crippen molar-refractivity contribution in [1.82, 2.24) is 15.2 Å². The SMILES string of the molecule is COCCCCNCc1ccc2[nH]cc(C3C=Cc4c(OC)cc5cc(C6CCCC6)c6c(O)c5c4OC4OC(CO3)C(O)C(OC#CCc3cccc5c3CN(CC6=O)C5=O)C4(O)CO)c2c1. The van der Waals surface area contributed by atoms with Gasteiger partial charge in [-0.1, -0.05) is 43.0 Å². The topological polar surface area (TPSA) is 202 Å². The van der Waals surface area contributed by atoms with Gasteiger partial charge >= 0.3 is 0 Å². The fourth-order valence-corrected chi connectivity index (χ4v) is 10.7. The summed E-state index contributed by atoms with van der Waals surface area (Å²) in [4.78, 5) is 33.7. The first kappa shape index (κ1) is 45.8. The number of carbonyl (C=O) groups excluding carboxylic acids is 2. The summed E-state index contributed by atoms with van der Waals surface area (Å²) in [6.07, 6.45) is 6.67. The van der Waals surface area contributed by atoms with E-state index in [1.54, 1.807) is 31.4 Å². The monoisotopic (exact) mass is 927 g/mol. The van der Waals surface area contributed by atoms with E-state index < -0.39 is 48.7 Å². The molecule has 10 rings (SSSR count). The number of carbonyl (C=O) groups is 2. The van der Waals surface area contributed by atoms with Crippen molar-refractivity contribution in [1.29, 1.82) is 0 Å². The highest BCUT2D eigenvalue weighted by molar-refractivity contribution is 6.11. The van der Waals surface area contributed by atoms with Gasteiger partial charge < -0.3 is 64.0 Å². The van der Waals surface area contributed by atoms with E-state index in [0.717, 1.165) is 78.2 Å². The standard InChI is InChI=1S/C53H57N3O12/c1-63-19-6-5-18-54-24-30-14-16-40-37(21-30)38(25-55-40)42-17-15-35-43(64-2)23-33-22-36(31-9-3-4-10-31)46-41(58)27-56-26-39-32(11-7-13-34(39)51(56)61)12-8-20-65-50-47(59)44(28-66-42)67-52(53(50,62)29-57)68-49(35)45(33)48(46)60/h7,11,13-17,21-23,25,31,42,44,47,50,52,54-55,57,59-60,62H,3-6,9-10,12,18-19,24,26-29H2,1-2H3. The third-order valence-electron chi connectivity index (χ3n) is 14.3. The summed E-state index contributed by atoms with van der Waals surface area (Å²) < 4.78 is 37.2. The molecule has 15 nitrogen and oxygen atoms in total. The number of aromatic nitrogens is 1. The van der Waals surface area contributed by atoms with Crippen LogP contribution in [-0.4, -0.2) is 119 Å². The van der Waals surface area contributed by atoms with Crippen molar-refractivity contribution in [2.45, 2.75) is 100 Å². The van der Waals surface area contributed by atoms with Gasteiger partial charge in [0.15, 0.2) is 17.5 Å². The molecule has 1 aromatic heterocycles. The highest BCUT2D eigenvalue weighted by Crippen LogP contribution is 2.50. The Kier molecular flexibility index (Phi) is 12.9. The number of ketones is 1. The highest BCUT2D eigenvalue weighted by atomic mass is 16.7. The van der Waals surface area contributed by atoms with Gasteiger partial charge in [-0.15, -0.1) is 0 Å². The van der Waals surface area contributed by atoms with Crippen molar-refractivity contribution in [3.63, 3.8) is 0 Å². The quantitative estimate of drug-likeness (QED) is 0.0674. The average Bonchev–Trinajstić information content (AvgIpc) is 4.10. The Morgan fingerprint density at radius 1 is 1.04 bits per heavy atom. The number of amides is 1. The van der Waals surface area contributed by atoms with Crippen LogP contribution >= 0.6 is 0 Å². The lowest BCUT2D eigenvalue weighted by Gasteiger charge is -2.47. The fourth-order valence-electron chi connectivity index (χ4n) is 10.7. The number of unbranched alkanes of at least 4 members (excludes halogenated alkanes) is 1. The smallest absolute Gasteiger partial charge is 0.254 e. The number of hydrogen-bond donors (Lipinski definition) is 6. The maximum absolute atomic E-state index is 14.9. The van der Waals surface area contributed by atoms with E-state index in [1.165, 1.54) is 12.0 Å². The van der Waals surface area contributed by atoms with Gasteiger partial charge in [0.25, 0.3) is 5.91 Å². The van der Waals surface area contributed by atoms with Gasteiger partial charge in [-0.05, 0) is 102 Å². The van der Waals surface area contributed by atoms with Gasteiger partial charge in [0, 0.05) is 61.5 Å². The summed E-state index contributed by atoms with van der Waals surface area (Å²) in [7, 11) is 3.21. The highest BCUT2D eigenvalue weighted by Gasteiger charge is 2.59. The maximum atomic E-state index is 14.9. The Balaban J connectivity index is 1.16. The molecule has 1 saturated heterocycles. The molecule has 0 spiro atoms. The second kappa shape index (κ2) is 19.2. The number of fused-ring (bicyclic) bond motifs is 5. The van der Waals surface area contributed by atoms with Crippen LogP contribution in [-0.2, 0) is 38.5 Å². The molecule has 1 amide bonds. The number of aliphatic hydroxyl groups excluding tert-OH is 2. The van der Waals surface area contributed by atoms with Crippen LogP contribution in [0.3, 0.4) is 0 Å². The molecule has 4 aliphatic heterocycles. The van der Waals surface area contributed by atoms with Crippen LogP contribution in [0, 0.1) is 12.0 Å². The van der Waals surface area contributed by atoms with Gasteiger partial charge in [-0.3, -0.25) is 9.59 Å². The molecular weight excluding hydrogens is 871 g/mol. The molecule has 5 aliphatic rings. The van der Waals surface area contributed by atoms with Gasteiger partial charge in [0.1, 0.15) is 41.7 Å². The zero-order valence-electron chi connectivity index (χ0n) is 38.2. The van der Waals surface area contributed by atoms with E-state index in [0.29, 0.717) is 41.0 Å². The lowest BCUT2D eigenvalue weighted by molar-refractivity contribution is -0.328. The number of benzene rings is 4. The van der Waals surface area contributed by atoms with E-state index in [4.69, 9.17) is 28.4 Å². The van der Waals surface area contributed by atoms with Crippen molar-refractivity contribution in [3.8, 4) is 29.3 Å². The largest absolute Gasteiger partial charge is 0.506 e. The number of hydrogen-bond acceptors (Lipinski definition) is 13. The number of aliphatic hydroxyl groups is 3. The van der Waals surface area contributed by atoms with E-state index in [2.05, 4.69) is 34.5 Å². The number of phenols is 1. The molecule has 0 radical (unpaired) electrons. The number of Topliss-reactive ketones (excluding diaryl/α,β-unsaturated/α-hetero) is 1. The third kappa shape index (κ3) is 8.27. The van der Waals surface area contributed by atoms with Gasteiger partial charge in [-0.25, -0.2) is 0 Å². The van der Waals surface area contributed by atoms with Crippen LogP contribution in [0.1, 0.15) is 105 Å². The van der Waals surface area contributed by atoms with E-state index in [9.17, 15) is 30.0 Å². The number of aromatic hydroxyl groups is 1. The fraction of sp³-hybridized carbons (Fsp3) is 0.434. The Labute approximate surface area is 393 Å². The molecule has 6 atom stereocenters. The first-order valence-corrected chi connectivity index (χ1v) is 23.5. The number of methoxy groups -OCH3 is 2. The van der Waals surface area contributed by atoms with Crippen molar-refractivity contribution in [2.75, 3.05) is 47.1 Å². The minimum absolute atomic E-state index is 0.0363. The molecule has 15 heteroatoms. The predicted octanol–water partition coefficient (Wildman–Crippen LogP) is 5.92. The summed E-state index contributed by atoms with van der Waals surface area (Å²) in [5.74, 6) is 2.09. The lowest BCUT2D eigenvalue weighted by Crippen LogP contribution is -2.70. The van der Waals surface area contributed by atoms with E-state index in [-0.39, 0.29) is 60.4 Å². The first-order valence-electron chi connectivity index (χ1n) is 23.5. The number of rotatable bonds is 11. The van der Waals surface area contributed by atoms with Crippen LogP contribution in [0.25, 0.3) is 27.8 Å². The summed E-state index contributed by atoms with van der Waals surface area (Å²) in [6.45, 7) is 0.808. The minimum atomic E-state index is -2.45. The van der Waals surface area contributed by atoms with E-state index >= 15 is 0 Å². The number of ether oxygens (including phenoxy) is 6. The van der Waals surface area contributed by atoms with E-state index in [1.807, 2.05) is 30.5 Å². The average molecular weight is 928 g/mol. The molecule has 356 valence electrons. The van der Waals surface area contributed by atoms with Crippen LogP contribution in [0.5, 0.6) is 17.2 Å². The number of H-pyrrole nitrogens is 1. The van der Waals surface area contributed by atoms with Crippen LogP contribution < -0.4 is 14.8 Å². The minimum Gasteiger partial charge on any atom is -0.506 e. The molecule has 1 saturated carbocycles. The Bertz CT molecular complexity index is 2840. The molecule has 1 aliphatic carbocycles. The number of nitrogens with one attached hydrogen (secondary N) is 2. The second-order valence-corrected chi connectivity index (χ2v) is 18.5. The van der Waals surface area contributed by atoms with Crippen LogP contribution in [0.2, 0.25) is 0 Å². The Hall–Kier alpha value is -5.96. The molecule has 6 unspecified atom stereocenters. The molecule has 5 heterocycles. The van der Waals surface area contributed by atoms with Gasteiger partial charge in [0.2, 0.25) is 6.29 Å². The molecule has 6 N–H and O–H groups in total. The predicted molar refractivity (Wildman–Crippen MR) is 251 cm³/mol. The number of phenolic OH excluding ortho intramolecular Hbond substituents is 1. The zero-order chi connectivity index (χ0) is 47.1. The van der Waals surface area contributed by atoms with Gasteiger partial charge in [0.05, 0.1) is 43.4 Å². The summed E-state index contributed by atoms with van der Waals surface area (Å²) in [6, 6.07) is 15.2. The van der Waals surface area contributed by atoms with Crippen molar-refractivity contribution in [3.05, 3.63) is 105 Å². The molecule has 5 aromatic rings. The summed E-state index contributed by atoms with van der Waals surface area (Å²) in [5, 5.41) is 53.5. The number of aromatic amines is 1. The Morgan fingerprint density at radius 2 is 1.90 bits per heavy atom. The zero-order valence-corrected chi connectivity index (χ0v) is 38.2. The number of nitrogens with zero attached hydrogens (tertiary/aromatic N) is 1.